The number of nitrogens with one attached hydrogen (secondary N) is 2. The van der Waals surface area contributed by atoms with Gasteiger partial charge in [-0.1, -0.05) is 30.3 Å². The first-order chi connectivity index (χ1) is 16.0. The molecule has 34 heavy (non-hydrogen) atoms. The molecule has 1 saturated heterocycles. The van der Waals surface area contributed by atoms with Crippen LogP contribution in [-0.4, -0.2) is 76.5 Å². The molecule has 2 aromatic rings. The molecule has 0 radical (unpaired) electrons. The Morgan fingerprint density at radius 1 is 1.06 bits per heavy atom. The van der Waals surface area contributed by atoms with E-state index >= 15 is 0 Å². The van der Waals surface area contributed by atoms with Crippen LogP contribution in [-0.2, 0) is 10.0 Å². The fourth-order valence-corrected chi connectivity index (χ4v) is 5.55. The zero-order valence-electron chi connectivity index (χ0n) is 20.7. The van der Waals surface area contributed by atoms with Crippen LogP contribution in [0, 0.1) is 0 Å². The second-order valence-corrected chi connectivity index (χ2v) is 11.4. The molecule has 0 bridgehead atoms. The lowest BCUT2D eigenvalue weighted by atomic mass is 10.0. The molecule has 8 nitrogen and oxygen atoms in total. The van der Waals surface area contributed by atoms with Gasteiger partial charge in [0, 0.05) is 43.8 Å². The second kappa shape index (κ2) is 10.9. The molecule has 9 heteroatoms. The highest BCUT2D eigenvalue weighted by molar-refractivity contribution is 7.89. The van der Waals surface area contributed by atoms with E-state index in [1.807, 2.05) is 30.3 Å². The van der Waals surface area contributed by atoms with Gasteiger partial charge in [-0.25, -0.2) is 13.1 Å². The van der Waals surface area contributed by atoms with Crippen LogP contribution >= 0.6 is 0 Å². The largest absolute Gasteiger partial charge is 0.495 e. The van der Waals surface area contributed by atoms with Crippen LogP contribution in [0.1, 0.15) is 42.7 Å². The minimum Gasteiger partial charge on any atom is -0.495 e. The number of methoxy groups -OCH3 is 1. The van der Waals surface area contributed by atoms with Crippen molar-refractivity contribution < 1.29 is 17.9 Å². The number of sulfonamides is 1. The Bertz CT molecular complexity index is 1080. The second-order valence-electron chi connectivity index (χ2n) is 9.76. The normalized spacial score (nSPS) is 16.7. The monoisotopic (exact) mass is 488 g/mol. The average molecular weight is 489 g/mol. The Morgan fingerprint density at radius 2 is 1.71 bits per heavy atom. The van der Waals surface area contributed by atoms with Crippen molar-refractivity contribution in [2.75, 3.05) is 46.9 Å². The van der Waals surface area contributed by atoms with Gasteiger partial charge in [0.15, 0.2) is 0 Å². The van der Waals surface area contributed by atoms with Crippen LogP contribution < -0.4 is 14.8 Å². The van der Waals surface area contributed by atoms with E-state index in [1.165, 1.54) is 19.2 Å². The Hall–Kier alpha value is -2.46. The third kappa shape index (κ3) is 7.02. The summed E-state index contributed by atoms with van der Waals surface area (Å²) >= 11 is 0. The van der Waals surface area contributed by atoms with Crippen LogP contribution in [0.4, 0.5) is 0 Å². The lowest BCUT2D eigenvalue weighted by molar-refractivity contribution is 0.0907. The Morgan fingerprint density at radius 3 is 2.29 bits per heavy atom. The first-order valence-corrected chi connectivity index (χ1v) is 13.0. The summed E-state index contributed by atoms with van der Waals surface area (Å²) in [5, 5.41) is 3.12. The number of carbonyl (C=O) groups excluding carboxylic acids is 1. The quantitative estimate of drug-likeness (QED) is 0.593. The molecule has 3 rings (SSSR count). The molecule has 1 heterocycles. The highest BCUT2D eigenvalue weighted by atomic mass is 32.2. The number of amides is 1. The lowest BCUT2D eigenvalue weighted by Gasteiger charge is -2.35. The van der Waals surface area contributed by atoms with Crippen LogP contribution in [0.2, 0.25) is 0 Å². The highest BCUT2D eigenvalue weighted by Gasteiger charge is 2.27. The topological polar surface area (TPSA) is 91.0 Å². The molecular weight excluding hydrogens is 452 g/mol. The van der Waals surface area contributed by atoms with Crippen LogP contribution in [0.25, 0.3) is 0 Å². The minimum atomic E-state index is -3.89. The van der Waals surface area contributed by atoms with Gasteiger partial charge in [-0.2, -0.15) is 0 Å². The number of piperazine rings is 1. The van der Waals surface area contributed by atoms with Gasteiger partial charge in [0.25, 0.3) is 5.91 Å². The fraction of sp³-hybridized carbons (Fsp3) is 0.480. The van der Waals surface area contributed by atoms with Crippen LogP contribution in [0.5, 0.6) is 5.75 Å². The van der Waals surface area contributed by atoms with Gasteiger partial charge in [0.05, 0.1) is 13.2 Å². The molecule has 1 fully saturated rings. The number of ether oxygens (including phenoxy) is 1. The van der Waals surface area contributed by atoms with E-state index in [2.05, 4.69) is 26.9 Å². The molecule has 0 aliphatic carbocycles. The van der Waals surface area contributed by atoms with E-state index in [0.29, 0.717) is 6.54 Å². The summed E-state index contributed by atoms with van der Waals surface area (Å²) in [7, 11) is -0.375. The van der Waals surface area contributed by atoms with E-state index < -0.39 is 15.6 Å². The zero-order chi connectivity index (χ0) is 24.9. The first-order valence-electron chi connectivity index (χ1n) is 11.5. The molecule has 1 amide bonds. The Labute approximate surface area is 203 Å². The van der Waals surface area contributed by atoms with Crippen molar-refractivity contribution in [3.05, 3.63) is 59.7 Å². The molecule has 2 aromatic carbocycles. The van der Waals surface area contributed by atoms with E-state index in [4.69, 9.17) is 4.74 Å². The number of hydrogen-bond donors (Lipinski definition) is 2. The zero-order valence-corrected chi connectivity index (χ0v) is 21.5. The number of carbonyl (C=O) groups is 1. The highest BCUT2D eigenvalue weighted by Crippen LogP contribution is 2.26. The van der Waals surface area contributed by atoms with Gasteiger partial charge in [-0.3, -0.25) is 9.69 Å². The molecule has 2 N–H and O–H groups in total. The fourth-order valence-electron chi connectivity index (χ4n) is 3.94. The summed E-state index contributed by atoms with van der Waals surface area (Å²) in [6.07, 6.45) is 0. The van der Waals surface area contributed by atoms with E-state index in [9.17, 15) is 13.2 Å². The summed E-state index contributed by atoms with van der Waals surface area (Å²) in [5.74, 6) is -0.150. The van der Waals surface area contributed by atoms with E-state index in [0.717, 1.165) is 31.7 Å². The third-order valence-corrected chi connectivity index (χ3v) is 7.48. The molecule has 186 valence electrons. The van der Waals surface area contributed by atoms with E-state index in [-0.39, 0.29) is 28.2 Å². The Kier molecular flexibility index (Phi) is 8.35. The van der Waals surface area contributed by atoms with Crippen molar-refractivity contribution in [1.29, 1.82) is 0 Å². The van der Waals surface area contributed by atoms with Gasteiger partial charge < -0.3 is 15.0 Å². The maximum Gasteiger partial charge on any atom is 0.251 e. The summed E-state index contributed by atoms with van der Waals surface area (Å²) in [6, 6.07) is 14.1. The number of likely N-dealkylation sites (N-methyl/N-ethyl adjacent to an activating group) is 1. The summed E-state index contributed by atoms with van der Waals surface area (Å²) < 4.78 is 33.9. The summed E-state index contributed by atoms with van der Waals surface area (Å²) in [4.78, 5) is 17.9. The SMILES string of the molecule is COc1ccc(C(=O)NC(CN2CCN(C)CC2)c2ccccc2)cc1S(=O)(=O)NC(C)(C)C. The summed E-state index contributed by atoms with van der Waals surface area (Å²) in [5.41, 5.74) is 0.586. The van der Waals surface area contributed by atoms with Gasteiger partial charge in [0.1, 0.15) is 10.6 Å². The smallest absolute Gasteiger partial charge is 0.251 e. The summed E-state index contributed by atoms with van der Waals surface area (Å²) in [6.45, 7) is 9.78. The number of benzene rings is 2. The third-order valence-electron chi connectivity index (χ3n) is 5.70. The maximum absolute atomic E-state index is 13.3. The molecule has 1 atom stereocenters. The predicted molar refractivity (Wildman–Crippen MR) is 134 cm³/mol. The van der Waals surface area contributed by atoms with Crippen molar-refractivity contribution >= 4 is 15.9 Å². The maximum atomic E-state index is 13.3. The van der Waals surface area contributed by atoms with Crippen LogP contribution in [0.3, 0.4) is 0 Å². The Balaban J connectivity index is 1.86. The van der Waals surface area contributed by atoms with Gasteiger partial charge >= 0.3 is 0 Å². The number of hydrogen-bond acceptors (Lipinski definition) is 6. The average Bonchev–Trinajstić information content (AvgIpc) is 2.78. The lowest BCUT2D eigenvalue weighted by Crippen LogP contribution is -2.47. The van der Waals surface area contributed by atoms with Crippen molar-refractivity contribution in [2.45, 2.75) is 37.2 Å². The van der Waals surface area contributed by atoms with Crippen molar-refractivity contribution in [2.24, 2.45) is 0 Å². The molecule has 1 unspecified atom stereocenters. The van der Waals surface area contributed by atoms with Gasteiger partial charge in [-0.05, 0) is 51.6 Å². The minimum absolute atomic E-state index is 0.0621. The van der Waals surface area contributed by atoms with Gasteiger partial charge in [-0.15, -0.1) is 0 Å². The van der Waals surface area contributed by atoms with Crippen molar-refractivity contribution in [3.8, 4) is 5.75 Å². The van der Waals surface area contributed by atoms with Crippen molar-refractivity contribution in [1.82, 2.24) is 19.8 Å². The van der Waals surface area contributed by atoms with E-state index in [1.54, 1.807) is 26.8 Å². The molecule has 1 aliphatic heterocycles. The molecule has 0 aromatic heterocycles. The first kappa shape index (κ1) is 26.2. The number of nitrogens with zero attached hydrogens (tertiary/aromatic N) is 2. The standard InChI is InChI=1S/C25H36N4O4S/c1-25(2,3)27-34(31,32)23-17-20(11-12-22(23)33-5)24(30)26-21(19-9-7-6-8-10-19)18-29-15-13-28(4)14-16-29/h6-12,17,21,27H,13-16,18H2,1-5H3,(H,26,30). The molecule has 0 saturated carbocycles. The molecular formula is C25H36N4O4S. The predicted octanol–water partition coefficient (Wildman–Crippen LogP) is 2.49. The molecule has 0 spiro atoms. The molecule has 1 aliphatic rings. The number of rotatable bonds is 8. The van der Waals surface area contributed by atoms with Crippen molar-refractivity contribution in [3.63, 3.8) is 0 Å². The van der Waals surface area contributed by atoms with Crippen LogP contribution in [0.15, 0.2) is 53.4 Å². The van der Waals surface area contributed by atoms with Gasteiger partial charge in [0.2, 0.25) is 10.0 Å².